The van der Waals surface area contributed by atoms with E-state index in [2.05, 4.69) is 14.9 Å². The molecule has 1 aliphatic rings. The number of hydrogen-bond acceptors (Lipinski definition) is 5. The van der Waals surface area contributed by atoms with Gasteiger partial charge in [0.15, 0.2) is 0 Å². The molecule has 1 fully saturated rings. The number of benzene rings is 1. The quantitative estimate of drug-likeness (QED) is 0.757. The molecule has 0 aliphatic carbocycles. The second-order valence-corrected chi connectivity index (χ2v) is 5.81. The Kier molecular flexibility index (Phi) is 5.31. The molecule has 0 radical (unpaired) electrons. The molecule has 0 spiro atoms. The summed E-state index contributed by atoms with van der Waals surface area (Å²) in [6.07, 6.45) is 5.41. The van der Waals surface area contributed by atoms with Gasteiger partial charge in [-0.15, -0.1) is 0 Å². The van der Waals surface area contributed by atoms with Crippen LogP contribution in [0.15, 0.2) is 48.8 Å². The van der Waals surface area contributed by atoms with Crippen LogP contribution in [0.4, 0.5) is 14.6 Å². The molecule has 3 aromatic rings. The molecule has 4 rings (SSSR count). The summed E-state index contributed by atoms with van der Waals surface area (Å²) in [5.41, 5.74) is 1.72. The summed E-state index contributed by atoms with van der Waals surface area (Å²) >= 11 is 0. The van der Waals surface area contributed by atoms with Crippen molar-refractivity contribution in [3.05, 3.63) is 60.2 Å². The van der Waals surface area contributed by atoms with Crippen LogP contribution in [0.5, 0.6) is 5.75 Å². The lowest BCUT2D eigenvalue weighted by Gasteiger charge is -2.17. The maximum Gasteiger partial charge on any atom is 0.383 e. The van der Waals surface area contributed by atoms with E-state index in [9.17, 15) is 13.7 Å². The highest BCUT2D eigenvalue weighted by molar-refractivity contribution is 5.96. The Morgan fingerprint density at radius 2 is 1.85 bits per heavy atom. The molecule has 0 bridgehead atoms. The summed E-state index contributed by atoms with van der Waals surface area (Å²) in [5, 5.41) is 12.6. The Balaban J connectivity index is 0.000000206. The Hall–Kier alpha value is -3.16. The number of phenolic OH excluding ortho intramolecular Hbond substituents is 1. The minimum atomic E-state index is -1.01. The summed E-state index contributed by atoms with van der Waals surface area (Å²) in [6.45, 7) is 2.01. The van der Waals surface area contributed by atoms with Gasteiger partial charge in [0.2, 0.25) is 0 Å². The molecule has 1 N–H and O–H groups in total. The fraction of sp³-hybridized carbons (Fsp3) is 0.222. The van der Waals surface area contributed by atoms with E-state index in [-0.39, 0.29) is 17.1 Å². The molecule has 0 saturated carbocycles. The molecule has 0 amide bonds. The van der Waals surface area contributed by atoms with Crippen molar-refractivity contribution in [2.24, 2.45) is 0 Å². The van der Waals surface area contributed by atoms with E-state index in [4.69, 9.17) is 5.11 Å². The lowest BCUT2D eigenvalue weighted by molar-refractivity contribution is -0.0786. The summed E-state index contributed by atoms with van der Waals surface area (Å²) in [6, 6.07) is 8.79. The van der Waals surface area contributed by atoms with Gasteiger partial charge in [0.25, 0.3) is 0 Å². The topological polar surface area (TPSA) is 67.1 Å². The molecule has 1 aliphatic heterocycles. The van der Waals surface area contributed by atoms with Gasteiger partial charge >= 0.3 is 5.97 Å². The molecule has 0 unspecified atom stereocenters. The number of rotatable bonds is 2. The molecular formula is C18H17F2N3O3. The number of anilines is 1. The molecule has 0 atom stereocenters. The molecule has 6 nitrogen and oxygen atoms in total. The van der Waals surface area contributed by atoms with E-state index < -0.39 is 5.97 Å². The van der Waals surface area contributed by atoms with Crippen molar-refractivity contribution in [1.29, 1.82) is 0 Å². The van der Waals surface area contributed by atoms with Crippen LogP contribution >= 0.6 is 0 Å². The van der Waals surface area contributed by atoms with Gasteiger partial charge in [-0.3, -0.25) is 0 Å². The van der Waals surface area contributed by atoms with E-state index in [1.165, 1.54) is 47.8 Å². The first-order chi connectivity index (χ1) is 12.6. The summed E-state index contributed by atoms with van der Waals surface area (Å²) in [5.74, 6) is -1.25. The number of fused-ring (bicyclic) bond motifs is 1. The molecule has 26 heavy (non-hydrogen) atoms. The number of aromatic nitrogens is 2. The van der Waals surface area contributed by atoms with Crippen LogP contribution in [-0.2, 0) is 4.94 Å². The van der Waals surface area contributed by atoms with Gasteiger partial charge < -0.3 is 10.0 Å². The van der Waals surface area contributed by atoms with Gasteiger partial charge in [-0.2, -0.15) is 5.10 Å². The van der Waals surface area contributed by atoms with Crippen LogP contribution in [0.25, 0.3) is 5.52 Å². The van der Waals surface area contributed by atoms with Crippen LogP contribution in [0, 0.1) is 5.82 Å². The van der Waals surface area contributed by atoms with Gasteiger partial charge in [0, 0.05) is 29.5 Å². The molecule has 3 heterocycles. The number of pyridine rings is 1. The van der Waals surface area contributed by atoms with Crippen LogP contribution in [0.2, 0.25) is 0 Å². The molecule has 8 heteroatoms. The second kappa shape index (κ2) is 7.81. The van der Waals surface area contributed by atoms with E-state index in [0.717, 1.165) is 18.8 Å². The third-order valence-corrected chi connectivity index (χ3v) is 4.09. The van der Waals surface area contributed by atoms with Gasteiger partial charge in [0.1, 0.15) is 17.1 Å². The van der Waals surface area contributed by atoms with Crippen molar-refractivity contribution in [2.45, 2.75) is 12.8 Å². The third kappa shape index (κ3) is 3.90. The van der Waals surface area contributed by atoms with E-state index in [1.54, 1.807) is 6.20 Å². The molecule has 136 valence electrons. The van der Waals surface area contributed by atoms with Gasteiger partial charge in [-0.1, -0.05) is 0 Å². The first-order valence-corrected chi connectivity index (χ1v) is 8.08. The van der Waals surface area contributed by atoms with Crippen molar-refractivity contribution < 1.29 is 23.8 Å². The largest absolute Gasteiger partial charge is 0.508 e. The lowest BCUT2D eigenvalue weighted by atomic mass is 10.2. The number of carbonyl (C=O) groups excluding carboxylic acids is 1. The lowest BCUT2D eigenvalue weighted by Crippen LogP contribution is -2.17. The molecular weight excluding hydrogens is 344 g/mol. The molecule has 2 aromatic heterocycles. The fourth-order valence-corrected chi connectivity index (χ4v) is 2.78. The van der Waals surface area contributed by atoms with E-state index in [0.29, 0.717) is 5.52 Å². The van der Waals surface area contributed by atoms with Crippen molar-refractivity contribution in [1.82, 2.24) is 9.61 Å². The smallest absolute Gasteiger partial charge is 0.383 e. The third-order valence-electron chi connectivity index (χ3n) is 4.09. The number of phenols is 1. The highest BCUT2D eigenvalue weighted by Gasteiger charge is 2.18. The minimum absolute atomic E-state index is 0.0893. The van der Waals surface area contributed by atoms with Crippen LogP contribution in [0.3, 0.4) is 0 Å². The average Bonchev–Trinajstić information content (AvgIpc) is 3.33. The maximum atomic E-state index is 12.0. The number of carbonyl (C=O) groups is 1. The predicted molar refractivity (Wildman–Crippen MR) is 91.2 cm³/mol. The summed E-state index contributed by atoms with van der Waals surface area (Å²) in [7, 11) is 0. The van der Waals surface area contributed by atoms with Gasteiger partial charge in [-0.25, -0.2) is 18.6 Å². The first kappa shape index (κ1) is 17.7. The van der Waals surface area contributed by atoms with Gasteiger partial charge in [-0.05, 0) is 49.2 Å². The zero-order valence-corrected chi connectivity index (χ0v) is 13.8. The SMILES string of the molecule is O=C(OF)c1cnn2ccc(N3CCCC3)cc12.Oc1ccc(F)cc1. The molecule has 1 saturated heterocycles. The zero-order valence-electron chi connectivity index (χ0n) is 13.8. The number of hydrogen-bond donors (Lipinski definition) is 1. The normalized spacial score (nSPS) is 13.4. The monoisotopic (exact) mass is 361 g/mol. The average molecular weight is 361 g/mol. The van der Waals surface area contributed by atoms with Crippen molar-refractivity contribution >= 4 is 17.2 Å². The number of halogens is 2. The predicted octanol–water partition coefficient (Wildman–Crippen LogP) is 3.51. The Labute approximate surface area is 148 Å². The second-order valence-electron chi connectivity index (χ2n) is 5.81. The summed E-state index contributed by atoms with van der Waals surface area (Å²) < 4.78 is 25.5. The van der Waals surface area contributed by atoms with Crippen molar-refractivity contribution in [2.75, 3.05) is 18.0 Å². The Bertz CT molecular complexity index is 869. The maximum absolute atomic E-state index is 12.0. The zero-order chi connectivity index (χ0) is 18.5. The van der Waals surface area contributed by atoms with Crippen molar-refractivity contribution in [3.8, 4) is 5.75 Å². The van der Waals surface area contributed by atoms with Crippen LogP contribution < -0.4 is 4.90 Å². The van der Waals surface area contributed by atoms with Crippen molar-refractivity contribution in [3.63, 3.8) is 0 Å². The first-order valence-electron chi connectivity index (χ1n) is 8.08. The fourth-order valence-electron chi connectivity index (χ4n) is 2.78. The van der Waals surface area contributed by atoms with Crippen LogP contribution in [0.1, 0.15) is 23.2 Å². The standard InChI is InChI=1S/C12H12FN3O2.C6H5FO/c13-18-12(17)10-8-14-16-6-3-9(7-11(10)16)15-4-1-2-5-15;7-5-1-3-6(8)4-2-5/h3,6-8H,1-2,4-5H2;1-4,8H. The van der Waals surface area contributed by atoms with Gasteiger partial charge in [0.05, 0.1) is 11.7 Å². The Morgan fingerprint density at radius 1 is 1.15 bits per heavy atom. The highest BCUT2D eigenvalue weighted by Crippen LogP contribution is 2.23. The van der Waals surface area contributed by atoms with E-state index >= 15 is 0 Å². The summed E-state index contributed by atoms with van der Waals surface area (Å²) in [4.78, 5) is 16.8. The van der Waals surface area contributed by atoms with Crippen LogP contribution in [-0.4, -0.2) is 33.8 Å². The van der Waals surface area contributed by atoms with E-state index in [1.807, 2.05) is 12.1 Å². The minimum Gasteiger partial charge on any atom is -0.508 e. The highest BCUT2D eigenvalue weighted by atomic mass is 19.3. The number of aromatic hydroxyl groups is 1. The number of nitrogens with zero attached hydrogens (tertiary/aromatic N) is 3. The Morgan fingerprint density at radius 3 is 2.46 bits per heavy atom. The molecule has 1 aromatic carbocycles.